The van der Waals surface area contributed by atoms with Crippen LogP contribution in [-0.4, -0.2) is 28.4 Å². The van der Waals surface area contributed by atoms with E-state index in [0.29, 0.717) is 18.2 Å². The molecule has 1 saturated carbocycles. The van der Waals surface area contributed by atoms with Crippen molar-refractivity contribution >= 4 is 17.2 Å². The molecule has 0 unspecified atom stereocenters. The summed E-state index contributed by atoms with van der Waals surface area (Å²) in [6.07, 6.45) is 4.61. The summed E-state index contributed by atoms with van der Waals surface area (Å²) < 4.78 is 13.2. The van der Waals surface area contributed by atoms with E-state index in [-0.39, 0.29) is 11.7 Å². The molecule has 1 aromatic carbocycles. The van der Waals surface area contributed by atoms with E-state index >= 15 is 0 Å². The van der Waals surface area contributed by atoms with Crippen LogP contribution in [0.25, 0.3) is 0 Å². The summed E-state index contributed by atoms with van der Waals surface area (Å²) in [5.41, 5.74) is 0.427. The topological polar surface area (TPSA) is 33.2 Å². The first-order valence-corrected chi connectivity index (χ1v) is 7.57. The van der Waals surface area contributed by atoms with Crippen LogP contribution in [0.3, 0.4) is 0 Å². The highest BCUT2D eigenvalue weighted by atomic mass is 32.1. The van der Waals surface area contributed by atoms with E-state index in [2.05, 4.69) is 4.98 Å². The molecule has 1 aliphatic rings. The Kier molecular flexibility index (Phi) is 3.78. The molecule has 0 saturated heterocycles. The van der Waals surface area contributed by atoms with Crippen molar-refractivity contribution in [2.24, 2.45) is 0 Å². The standard InChI is InChI=1S/C15H15FN2OS/c16-12-3-1-2-11(10-12)15(19)18(13-4-5-13)8-6-14-17-7-9-20-14/h1-3,7,9-10,13H,4-6,8H2. The van der Waals surface area contributed by atoms with Crippen molar-refractivity contribution in [3.63, 3.8) is 0 Å². The van der Waals surface area contributed by atoms with Gasteiger partial charge in [-0.2, -0.15) is 0 Å². The number of rotatable bonds is 5. The van der Waals surface area contributed by atoms with E-state index in [1.807, 2.05) is 10.3 Å². The van der Waals surface area contributed by atoms with E-state index < -0.39 is 0 Å². The summed E-state index contributed by atoms with van der Waals surface area (Å²) in [6.45, 7) is 0.646. The molecule has 2 aromatic rings. The van der Waals surface area contributed by atoms with Gasteiger partial charge in [-0.05, 0) is 31.0 Å². The van der Waals surface area contributed by atoms with Crippen LogP contribution in [0, 0.1) is 5.82 Å². The lowest BCUT2D eigenvalue weighted by atomic mass is 10.2. The normalized spacial score (nSPS) is 14.2. The molecule has 1 aliphatic carbocycles. The number of hydrogen-bond acceptors (Lipinski definition) is 3. The highest BCUT2D eigenvalue weighted by molar-refractivity contribution is 7.09. The summed E-state index contributed by atoms with van der Waals surface area (Å²) >= 11 is 1.60. The first kappa shape index (κ1) is 13.2. The Labute approximate surface area is 121 Å². The van der Waals surface area contributed by atoms with Gasteiger partial charge in [-0.15, -0.1) is 11.3 Å². The van der Waals surface area contributed by atoms with E-state index in [9.17, 15) is 9.18 Å². The SMILES string of the molecule is O=C(c1cccc(F)c1)N(CCc1nccs1)C1CC1. The second kappa shape index (κ2) is 5.71. The fourth-order valence-electron chi connectivity index (χ4n) is 2.22. The molecule has 5 heteroatoms. The minimum absolute atomic E-state index is 0.0800. The first-order chi connectivity index (χ1) is 9.74. The summed E-state index contributed by atoms with van der Waals surface area (Å²) in [7, 11) is 0. The van der Waals surface area contributed by atoms with E-state index in [4.69, 9.17) is 0 Å². The predicted molar refractivity (Wildman–Crippen MR) is 76.3 cm³/mol. The fraction of sp³-hybridized carbons (Fsp3) is 0.333. The van der Waals surface area contributed by atoms with E-state index in [0.717, 1.165) is 24.3 Å². The van der Waals surface area contributed by atoms with Gasteiger partial charge in [0.2, 0.25) is 0 Å². The van der Waals surface area contributed by atoms with Crippen molar-refractivity contribution in [1.29, 1.82) is 0 Å². The summed E-state index contributed by atoms with van der Waals surface area (Å²) in [6, 6.07) is 6.22. The lowest BCUT2D eigenvalue weighted by molar-refractivity contribution is 0.0744. The van der Waals surface area contributed by atoms with Gasteiger partial charge in [0.15, 0.2) is 0 Å². The van der Waals surface area contributed by atoms with Gasteiger partial charge in [-0.1, -0.05) is 6.07 Å². The Morgan fingerprint density at radius 2 is 2.30 bits per heavy atom. The maximum absolute atomic E-state index is 13.2. The second-order valence-electron chi connectivity index (χ2n) is 4.92. The van der Waals surface area contributed by atoms with Gasteiger partial charge in [0.25, 0.3) is 5.91 Å². The molecule has 0 aliphatic heterocycles. The molecule has 0 atom stereocenters. The van der Waals surface area contributed by atoms with Crippen LogP contribution in [0.15, 0.2) is 35.8 Å². The number of halogens is 1. The van der Waals surface area contributed by atoms with Gasteiger partial charge in [0.05, 0.1) is 5.01 Å². The van der Waals surface area contributed by atoms with Gasteiger partial charge in [-0.3, -0.25) is 4.79 Å². The van der Waals surface area contributed by atoms with Crippen LogP contribution in [0.4, 0.5) is 4.39 Å². The Balaban J connectivity index is 1.71. The number of carbonyl (C=O) groups is 1. The third-order valence-corrected chi connectivity index (χ3v) is 4.21. The molecule has 104 valence electrons. The molecule has 0 radical (unpaired) electrons. The van der Waals surface area contributed by atoms with Crippen LogP contribution in [0.1, 0.15) is 28.2 Å². The van der Waals surface area contributed by atoms with Crippen LogP contribution in [0.2, 0.25) is 0 Å². The van der Waals surface area contributed by atoms with Gasteiger partial charge >= 0.3 is 0 Å². The molecule has 0 N–H and O–H groups in total. The number of nitrogens with zero attached hydrogens (tertiary/aromatic N) is 2. The van der Waals surface area contributed by atoms with Crippen LogP contribution >= 0.6 is 11.3 Å². The zero-order valence-corrected chi connectivity index (χ0v) is 11.8. The van der Waals surface area contributed by atoms with Gasteiger partial charge < -0.3 is 4.90 Å². The van der Waals surface area contributed by atoms with Gasteiger partial charge in [-0.25, -0.2) is 9.37 Å². The first-order valence-electron chi connectivity index (χ1n) is 6.69. The second-order valence-corrected chi connectivity index (χ2v) is 5.90. The molecule has 1 amide bonds. The third-order valence-electron chi connectivity index (χ3n) is 3.37. The minimum Gasteiger partial charge on any atom is -0.335 e. The summed E-state index contributed by atoms with van der Waals surface area (Å²) in [5.74, 6) is -0.449. The zero-order chi connectivity index (χ0) is 13.9. The smallest absolute Gasteiger partial charge is 0.254 e. The summed E-state index contributed by atoms with van der Waals surface area (Å²) in [4.78, 5) is 18.6. The molecule has 1 aromatic heterocycles. The van der Waals surface area contributed by atoms with Crippen molar-refractivity contribution in [3.8, 4) is 0 Å². The highest BCUT2D eigenvalue weighted by Gasteiger charge is 2.32. The van der Waals surface area contributed by atoms with Crippen molar-refractivity contribution in [1.82, 2.24) is 9.88 Å². The van der Waals surface area contributed by atoms with Crippen LogP contribution in [-0.2, 0) is 6.42 Å². The average molecular weight is 290 g/mol. The highest BCUT2D eigenvalue weighted by Crippen LogP contribution is 2.28. The average Bonchev–Trinajstić information content (AvgIpc) is 3.14. The van der Waals surface area contributed by atoms with Crippen molar-refractivity contribution < 1.29 is 9.18 Å². The molecule has 3 rings (SSSR count). The van der Waals surface area contributed by atoms with Crippen LogP contribution < -0.4 is 0 Å². The zero-order valence-electron chi connectivity index (χ0n) is 11.0. The number of carbonyl (C=O) groups excluding carboxylic acids is 1. The van der Waals surface area contributed by atoms with Crippen molar-refractivity contribution in [3.05, 3.63) is 52.2 Å². The summed E-state index contributed by atoms with van der Waals surface area (Å²) in [5, 5.41) is 2.97. The Morgan fingerprint density at radius 3 is 2.95 bits per heavy atom. The third kappa shape index (κ3) is 3.04. The molecule has 3 nitrogen and oxygen atoms in total. The maximum atomic E-state index is 13.2. The predicted octanol–water partition coefficient (Wildman–Crippen LogP) is 3.13. The molecule has 0 spiro atoms. The van der Waals surface area contributed by atoms with E-state index in [1.54, 1.807) is 29.7 Å². The minimum atomic E-state index is -0.369. The lowest BCUT2D eigenvalue weighted by Gasteiger charge is -2.22. The molecule has 0 bridgehead atoms. The quantitative estimate of drug-likeness (QED) is 0.847. The Bertz CT molecular complexity index is 596. The number of amides is 1. The number of aromatic nitrogens is 1. The van der Waals surface area contributed by atoms with E-state index in [1.165, 1.54) is 12.1 Å². The Morgan fingerprint density at radius 1 is 1.45 bits per heavy atom. The Hall–Kier alpha value is -1.75. The number of thiazole rings is 1. The van der Waals surface area contributed by atoms with Gasteiger partial charge in [0.1, 0.15) is 5.82 Å². The van der Waals surface area contributed by atoms with Crippen molar-refractivity contribution in [2.45, 2.75) is 25.3 Å². The maximum Gasteiger partial charge on any atom is 0.254 e. The number of benzene rings is 1. The fourth-order valence-corrected chi connectivity index (χ4v) is 2.83. The monoisotopic (exact) mass is 290 g/mol. The largest absolute Gasteiger partial charge is 0.335 e. The molecular weight excluding hydrogens is 275 g/mol. The number of hydrogen-bond donors (Lipinski definition) is 0. The van der Waals surface area contributed by atoms with Crippen LogP contribution in [0.5, 0.6) is 0 Å². The van der Waals surface area contributed by atoms with Gasteiger partial charge in [0, 0.05) is 36.1 Å². The molecule has 20 heavy (non-hydrogen) atoms. The molecule has 1 heterocycles. The van der Waals surface area contributed by atoms with Crippen molar-refractivity contribution in [2.75, 3.05) is 6.54 Å². The molecule has 1 fully saturated rings. The molecular formula is C15H15FN2OS. The lowest BCUT2D eigenvalue weighted by Crippen LogP contribution is -2.35.